The zero-order valence-corrected chi connectivity index (χ0v) is 18.5. The summed E-state index contributed by atoms with van der Waals surface area (Å²) in [5.41, 5.74) is 4.94. The third kappa shape index (κ3) is 3.18. The molecule has 2 saturated carbocycles. The van der Waals surface area contributed by atoms with Crippen LogP contribution >= 0.6 is 0 Å². The van der Waals surface area contributed by atoms with Crippen molar-refractivity contribution in [3.8, 4) is 0 Å². The van der Waals surface area contributed by atoms with Crippen molar-refractivity contribution in [2.45, 2.75) is 38.1 Å². The van der Waals surface area contributed by atoms with Crippen LogP contribution < -0.4 is 5.32 Å². The highest BCUT2D eigenvalue weighted by Crippen LogP contribution is 2.63. The second-order valence-electron chi connectivity index (χ2n) is 10.00. The Morgan fingerprint density at radius 3 is 2.55 bits per heavy atom. The molecule has 6 rings (SSSR count). The molecule has 162 valence electrons. The van der Waals surface area contributed by atoms with E-state index in [1.54, 1.807) is 0 Å². The number of nitrogens with zero attached hydrogens (tertiary/aromatic N) is 2. The average molecular weight is 416 g/mol. The fraction of sp³-hybridized carbons (Fsp3) is 0.519. The number of carbonyl (C=O) groups is 1. The molecule has 4 nitrogen and oxygen atoms in total. The standard InChI is InChI=1S/C27H33N3O/c1-2-29-12-14-30(15-13-29)27(31)21-10-11-23-22(17-21)24-19-8-9-20(16-19)25(24)26(28-23)18-6-4-3-5-7-18/h3-7,10-11,17,19-20,24-26,28H,2,8-9,12-16H2,1H3/t19-,20-,24-,25-,26-/m0/s1. The van der Waals surface area contributed by atoms with Crippen molar-refractivity contribution < 1.29 is 4.79 Å². The second kappa shape index (κ2) is 7.67. The minimum Gasteiger partial charge on any atom is -0.378 e. The van der Waals surface area contributed by atoms with Crippen molar-refractivity contribution >= 4 is 11.6 Å². The summed E-state index contributed by atoms with van der Waals surface area (Å²) in [5, 5.41) is 3.90. The zero-order valence-electron chi connectivity index (χ0n) is 18.5. The maximum absolute atomic E-state index is 13.3. The SMILES string of the molecule is CCN1CCN(C(=O)c2ccc3c(c2)[C@@H]2[C@H]4CC[C@@H](C4)[C@@H]2[C@H](c2ccccc2)N3)CC1. The Kier molecular flexibility index (Phi) is 4.79. The number of likely N-dealkylation sites (N-methyl/N-ethyl adjacent to an activating group) is 1. The molecule has 2 bridgehead atoms. The van der Waals surface area contributed by atoms with Crippen molar-refractivity contribution in [1.82, 2.24) is 9.80 Å². The van der Waals surface area contributed by atoms with Crippen LogP contribution in [0.1, 0.15) is 59.6 Å². The zero-order chi connectivity index (χ0) is 20.9. The molecule has 2 heterocycles. The van der Waals surface area contributed by atoms with Gasteiger partial charge in [0, 0.05) is 37.4 Å². The van der Waals surface area contributed by atoms with Gasteiger partial charge in [0.2, 0.25) is 0 Å². The summed E-state index contributed by atoms with van der Waals surface area (Å²) in [4.78, 5) is 17.8. The minimum absolute atomic E-state index is 0.212. The summed E-state index contributed by atoms with van der Waals surface area (Å²) in [6.45, 7) is 6.93. The molecule has 31 heavy (non-hydrogen) atoms. The van der Waals surface area contributed by atoms with Gasteiger partial charge < -0.3 is 15.1 Å². The molecule has 0 aromatic heterocycles. The molecule has 4 heteroatoms. The van der Waals surface area contributed by atoms with E-state index in [1.807, 2.05) is 0 Å². The lowest BCUT2D eigenvalue weighted by molar-refractivity contribution is 0.0643. The highest BCUT2D eigenvalue weighted by molar-refractivity contribution is 5.95. The molecule has 0 unspecified atom stereocenters. The van der Waals surface area contributed by atoms with Gasteiger partial charge in [0.25, 0.3) is 5.91 Å². The Morgan fingerprint density at radius 2 is 1.77 bits per heavy atom. The third-order valence-corrected chi connectivity index (χ3v) is 8.60. The van der Waals surface area contributed by atoms with Gasteiger partial charge >= 0.3 is 0 Å². The van der Waals surface area contributed by atoms with Gasteiger partial charge in [0.1, 0.15) is 0 Å². The fourth-order valence-electron chi connectivity index (χ4n) is 7.06. The highest BCUT2D eigenvalue weighted by atomic mass is 16.2. The van der Waals surface area contributed by atoms with Gasteiger partial charge in [0.15, 0.2) is 0 Å². The van der Waals surface area contributed by atoms with Gasteiger partial charge in [-0.1, -0.05) is 37.3 Å². The molecule has 1 amide bonds. The monoisotopic (exact) mass is 415 g/mol. The van der Waals surface area contributed by atoms with E-state index in [0.717, 1.165) is 50.1 Å². The first-order valence-electron chi connectivity index (χ1n) is 12.2. The lowest BCUT2D eigenvalue weighted by Crippen LogP contribution is -2.48. The summed E-state index contributed by atoms with van der Waals surface area (Å²) in [7, 11) is 0. The Balaban J connectivity index is 1.32. The van der Waals surface area contributed by atoms with E-state index in [-0.39, 0.29) is 5.91 Å². The van der Waals surface area contributed by atoms with E-state index in [9.17, 15) is 4.79 Å². The summed E-state index contributed by atoms with van der Waals surface area (Å²) in [6.07, 6.45) is 4.08. The Hall–Kier alpha value is -2.33. The minimum atomic E-state index is 0.212. The smallest absolute Gasteiger partial charge is 0.253 e. The van der Waals surface area contributed by atoms with Crippen molar-refractivity contribution in [3.63, 3.8) is 0 Å². The van der Waals surface area contributed by atoms with Crippen molar-refractivity contribution in [2.24, 2.45) is 17.8 Å². The van der Waals surface area contributed by atoms with Crippen molar-refractivity contribution in [1.29, 1.82) is 0 Å². The van der Waals surface area contributed by atoms with Gasteiger partial charge in [0.05, 0.1) is 6.04 Å². The third-order valence-electron chi connectivity index (χ3n) is 8.60. The van der Waals surface area contributed by atoms with E-state index in [1.165, 1.54) is 36.1 Å². The van der Waals surface area contributed by atoms with E-state index in [4.69, 9.17) is 0 Å². The molecule has 0 spiro atoms. The molecule has 2 aliphatic heterocycles. The number of carbonyl (C=O) groups excluding carboxylic acids is 1. The molecule has 2 aromatic rings. The number of hydrogen-bond acceptors (Lipinski definition) is 3. The predicted molar refractivity (Wildman–Crippen MR) is 124 cm³/mol. The average Bonchev–Trinajstić information content (AvgIpc) is 3.46. The first-order valence-corrected chi connectivity index (χ1v) is 12.2. The summed E-state index contributed by atoms with van der Waals surface area (Å²) >= 11 is 0. The summed E-state index contributed by atoms with van der Waals surface area (Å²) in [5.74, 6) is 3.03. The molecule has 5 atom stereocenters. The number of fused-ring (bicyclic) bond motifs is 7. The van der Waals surface area contributed by atoms with E-state index in [2.05, 4.69) is 70.6 Å². The van der Waals surface area contributed by atoms with Crippen LogP contribution in [0.5, 0.6) is 0 Å². The van der Waals surface area contributed by atoms with Crippen molar-refractivity contribution in [2.75, 3.05) is 38.0 Å². The molecule has 1 N–H and O–H groups in total. The van der Waals surface area contributed by atoms with Crippen molar-refractivity contribution in [3.05, 3.63) is 65.2 Å². The largest absolute Gasteiger partial charge is 0.378 e. The topological polar surface area (TPSA) is 35.6 Å². The number of nitrogens with one attached hydrogen (secondary N) is 1. The number of amides is 1. The summed E-state index contributed by atoms with van der Waals surface area (Å²) < 4.78 is 0. The second-order valence-corrected chi connectivity index (χ2v) is 10.00. The van der Waals surface area contributed by atoms with E-state index in [0.29, 0.717) is 17.9 Å². The van der Waals surface area contributed by atoms with Crippen LogP contribution in [0.2, 0.25) is 0 Å². The van der Waals surface area contributed by atoms with Crippen LogP contribution in [0.4, 0.5) is 5.69 Å². The van der Waals surface area contributed by atoms with Crippen LogP contribution in [-0.2, 0) is 0 Å². The van der Waals surface area contributed by atoms with Gasteiger partial charge in [-0.3, -0.25) is 4.79 Å². The molecule has 3 fully saturated rings. The Labute approximate surface area is 185 Å². The van der Waals surface area contributed by atoms with Crippen LogP contribution in [-0.4, -0.2) is 48.4 Å². The number of hydrogen-bond donors (Lipinski definition) is 1. The molecule has 4 aliphatic rings. The first-order chi connectivity index (χ1) is 15.2. The van der Waals surface area contributed by atoms with Crippen LogP contribution in [0, 0.1) is 17.8 Å². The number of rotatable bonds is 3. The maximum Gasteiger partial charge on any atom is 0.253 e. The molecule has 0 radical (unpaired) electrons. The molecular weight excluding hydrogens is 382 g/mol. The molecule has 2 aromatic carbocycles. The Bertz CT molecular complexity index is 966. The molecule has 1 saturated heterocycles. The summed E-state index contributed by atoms with van der Waals surface area (Å²) in [6, 6.07) is 17.9. The number of benzene rings is 2. The first kappa shape index (κ1) is 19.4. The fourth-order valence-corrected chi connectivity index (χ4v) is 7.06. The number of anilines is 1. The van der Waals surface area contributed by atoms with E-state index < -0.39 is 0 Å². The highest BCUT2D eigenvalue weighted by Gasteiger charge is 2.53. The molecular formula is C27H33N3O. The maximum atomic E-state index is 13.3. The van der Waals surface area contributed by atoms with Crippen LogP contribution in [0.15, 0.2) is 48.5 Å². The van der Waals surface area contributed by atoms with Gasteiger partial charge in [-0.2, -0.15) is 0 Å². The Morgan fingerprint density at radius 1 is 1.00 bits per heavy atom. The quantitative estimate of drug-likeness (QED) is 0.785. The number of piperazine rings is 1. The van der Waals surface area contributed by atoms with Crippen LogP contribution in [0.25, 0.3) is 0 Å². The van der Waals surface area contributed by atoms with E-state index >= 15 is 0 Å². The lowest BCUT2D eigenvalue weighted by atomic mass is 9.68. The predicted octanol–water partition coefficient (Wildman–Crippen LogP) is 4.76. The normalized spacial score (nSPS) is 31.8. The van der Waals surface area contributed by atoms with Gasteiger partial charge in [-0.25, -0.2) is 0 Å². The molecule has 2 aliphatic carbocycles. The van der Waals surface area contributed by atoms with Crippen LogP contribution in [0.3, 0.4) is 0 Å². The van der Waals surface area contributed by atoms with Gasteiger partial charge in [-0.05, 0) is 78.8 Å². The lowest BCUT2D eigenvalue weighted by Gasteiger charge is -2.43. The van der Waals surface area contributed by atoms with Gasteiger partial charge in [-0.15, -0.1) is 0 Å².